The summed E-state index contributed by atoms with van der Waals surface area (Å²) in [6, 6.07) is 1.38. The van der Waals surface area contributed by atoms with Gasteiger partial charge in [0.15, 0.2) is 0 Å². The molecule has 0 heterocycles. The zero-order valence-electron chi connectivity index (χ0n) is 9.04. The number of hydrogen-bond acceptors (Lipinski definition) is 4. The normalized spacial score (nSPS) is 16.2. The predicted molar refractivity (Wildman–Crippen MR) is 56.8 cm³/mol. The van der Waals surface area contributed by atoms with E-state index in [1.54, 1.807) is 14.2 Å². The highest BCUT2D eigenvalue weighted by atomic mass is 28.3. The average Bonchev–Trinajstić information content (AvgIpc) is 2.11. The van der Waals surface area contributed by atoms with Gasteiger partial charge in [-0.25, -0.2) is 0 Å². The topological polar surface area (TPSA) is 56.5 Å². The Morgan fingerprint density at radius 2 is 1.92 bits per heavy atom. The van der Waals surface area contributed by atoms with Gasteiger partial charge in [0.25, 0.3) is 0 Å². The predicted octanol–water partition coefficient (Wildman–Crippen LogP) is 0.173. The van der Waals surface area contributed by atoms with Gasteiger partial charge in [-0.3, -0.25) is 5.32 Å². The van der Waals surface area contributed by atoms with Gasteiger partial charge in [-0.2, -0.15) is 0 Å². The third kappa shape index (κ3) is 6.17. The summed E-state index contributed by atoms with van der Waals surface area (Å²) in [6.45, 7) is 4.08. The number of hydrogen-bond donors (Lipinski definition) is 2. The van der Waals surface area contributed by atoms with Crippen LogP contribution in [0.15, 0.2) is 0 Å². The molecule has 5 heteroatoms. The molecule has 0 aliphatic carbocycles. The summed E-state index contributed by atoms with van der Waals surface area (Å²) in [5.41, 5.74) is 5.65. The van der Waals surface area contributed by atoms with Crippen LogP contribution >= 0.6 is 0 Å². The third-order valence-corrected chi connectivity index (χ3v) is 4.00. The molecule has 3 N–H and O–H groups in total. The van der Waals surface area contributed by atoms with Crippen molar-refractivity contribution in [2.75, 3.05) is 14.2 Å². The maximum atomic E-state index is 5.65. The highest BCUT2D eigenvalue weighted by Crippen LogP contribution is 2.04. The lowest BCUT2D eigenvalue weighted by Crippen LogP contribution is -2.44. The molecule has 2 unspecified atom stereocenters. The Kier molecular flexibility index (Phi) is 7.49. The van der Waals surface area contributed by atoms with Gasteiger partial charge in [0, 0.05) is 26.3 Å². The highest BCUT2D eigenvalue weighted by molar-refractivity contribution is 6.44. The Bertz CT molecular complexity index is 121. The molecule has 0 rings (SSSR count). The van der Waals surface area contributed by atoms with Crippen molar-refractivity contribution < 1.29 is 8.85 Å². The maximum absolute atomic E-state index is 5.65. The molecule has 4 nitrogen and oxygen atoms in total. The molecule has 0 aliphatic heterocycles. The summed E-state index contributed by atoms with van der Waals surface area (Å²) in [7, 11) is 1.97. The fraction of sp³-hybridized carbons (Fsp3) is 1.00. The van der Waals surface area contributed by atoms with Gasteiger partial charge in [0.2, 0.25) is 0 Å². The number of rotatable bonds is 7. The van der Waals surface area contributed by atoms with E-state index in [1.807, 2.05) is 6.92 Å². The summed E-state index contributed by atoms with van der Waals surface area (Å²) < 4.78 is 10.5. The number of nitrogens with one attached hydrogen (secondary N) is 1. The lowest BCUT2D eigenvalue weighted by atomic mass is 10.2. The van der Waals surface area contributed by atoms with Crippen molar-refractivity contribution in [3.8, 4) is 0 Å². The van der Waals surface area contributed by atoms with Crippen LogP contribution in [0, 0.1) is 0 Å². The quantitative estimate of drug-likeness (QED) is 0.461. The van der Waals surface area contributed by atoms with Gasteiger partial charge in [0.05, 0.1) is 6.17 Å². The molecule has 0 spiro atoms. The minimum atomic E-state index is -1.44. The van der Waals surface area contributed by atoms with E-state index in [0.717, 1.165) is 12.5 Å². The fourth-order valence-electron chi connectivity index (χ4n) is 1.25. The van der Waals surface area contributed by atoms with Crippen LogP contribution in [0.1, 0.15) is 20.3 Å². The van der Waals surface area contributed by atoms with E-state index in [-0.39, 0.29) is 6.17 Å². The van der Waals surface area contributed by atoms with Gasteiger partial charge in [-0.05, 0) is 13.3 Å². The van der Waals surface area contributed by atoms with Crippen LogP contribution in [0.5, 0.6) is 0 Å². The summed E-state index contributed by atoms with van der Waals surface area (Å²) >= 11 is 0. The highest BCUT2D eigenvalue weighted by Gasteiger charge is 2.17. The van der Waals surface area contributed by atoms with Gasteiger partial charge in [-0.15, -0.1) is 0 Å². The number of nitrogens with two attached hydrogens (primary N) is 1. The van der Waals surface area contributed by atoms with Gasteiger partial charge in [0.1, 0.15) is 0 Å². The van der Waals surface area contributed by atoms with E-state index in [0.29, 0.717) is 6.04 Å². The van der Waals surface area contributed by atoms with E-state index < -0.39 is 9.28 Å². The minimum Gasteiger partial charge on any atom is -0.400 e. The monoisotopic (exact) mass is 206 g/mol. The Labute approximate surface area is 82.6 Å². The first-order chi connectivity index (χ1) is 6.13. The van der Waals surface area contributed by atoms with Crippen LogP contribution in [0.3, 0.4) is 0 Å². The second-order valence-electron chi connectivity index (χ2n) is 3.20. The molecular weight excluding hydrogens is 184 g/mol. The molecule has 0 radical (unpaired) electrons. The van der Waals surface area contributed by atoms with Crippen molar-refractivity contribution in [2.24, 2.45) is 5.73 Å². The minimum absolute atomic E-state index is 0.0355. The first-order valence-corrected chi connectivity index (χ1v) is 6.47. The lowest BCUT2D eigenvalue weighted by molar-refractivity contribution is 0.269. The molecule has 0 aromatic carbocycles. The Hall–Kier alpha value is 0.0569. The van der Waals surface area contributed by atoms with Crippen molar-refractivity contribution >= 4 is 9.28 Å². The zero-order chi connectivity index (χ0) is 10.3. The van der Waals surface area contributed by atoms with Crippen molar-refractivity contribution in [2.45, 2.75) is 38.5 Å². The van der Waals surface area contributed by atoms with Gasteiger partial charge >= 0.3 is 9.28 Å². The SMILES string of the molecule is CCC(C[SiH](OC)OC)NC(C)N. The van der Waals surface area contributed by atoms with Gasteiger partial charge in [-0.1, -0.05) is 6.92 Å². The van der Waals surface area contributed by atoms with Crippen molar-refractivity contribution in [3.05, 3.63) is 0 Å². The van der Waals surface area contributed by atoms with Crippen LogP contribution in [0.4, 0.5) is 0 Å². The molecule has 0 saturated heterocycles. The Morgan fingerprint density at radius 1 is 1.38 bits per heavy atom. The lowest BCUT2D eigenvalue weighted by Gasteiger charge is -2.22. The largest absolute Gasteiger partial charge is 0.400 e. The summed E-state index contributed by atoms with van der Waals surface area (Å²) in [5, 5.41) is 3.28. The molecule has 0 aliphatic rings. The van der Waals surface area contributed by atoms with E-state index >= 15 is 0 Å². The second-order valence-corrected chi connectivity index (χ2v) is 5.47. The van der Waals surface area contributed by atoms with Crippen molar-refractivity contribution in [1.82, 2.24) is 5.32 Å². The first-order valence-electron chi connectivity index (χ1n) is 4.71. The van der Waals surface area contributed by atoms with Crippen molar-refractivity contribution in [3.63, 3.8) is 0 Å². The maximum Gasteiger partial charge on any atom is 0.322 e. The standard InChI is InChI=1S/C8H22N2O2Si/c1-5-8(10-7(2)9)6-13(11-3)12-4/h7-8,10,13H,5-6,9H2,1-4H3. The van der Waals surface area contributed by atoms with Gasteiger partial charge < -0.3 is 14.6 Å². The third-order valence-electron chi connectivity index (χ3n) is 1.99. The van der Waals surface area contributed by atoms with Crippen LogP contribution in [-0.4, -0.2) is 35.7 Å². The molecule has 80 valence electrons. The summed E-state index contributed by atoms with van der Waals surface area (Å²) in [5.74, 6) is 0. The molecule has 13 heavy (non-hydrogen) atoms. The van der Waals surface area contributed by atoms with E-state index in [2.05, 4.69) is 12.2 Å². The Morgan fingerprint density at radius 3 is 2.23 bits per heavy atom. The second kappa shape index (κ2) is 7.46. The van der Waals surface area contributed by atoms with Crippen LogP contribution in [-0.2, 0) is 8.85 Å². The molecule has 0 aromatic rings. The van der Waals surface area contributed by atoms with Crippen molar-refractivity contribution in [1.29, 1.82) is 0 Å². The van der Waals surface area contributed by atoms with Crippen LogP contribution in [0.2, 0.25) is 6.04 Å². The molecular formula is C8H22N2O2Si. The molecule has 0 amide bonds. The zero-order valence-corrected chi connectivity index (χ0v) is 10.2. The van der Waals surface area contributed by atoms with Crippen LogP contribution in [0.25, 0.3) is 0 Å². The van der Waals surface area contributed by atoms with Crippen LogP contribution < -0.4 is 11.1 Å². The first kappa shape index (κ1) is 13.1. The molecule has 0 aromatic heterocycles. The molecule has 0 saturated carbocycles. The molecule has 0 bridgehead atoms. The summed E-state index contributed by atoms with van der Waals surface area (Å²) in [4.78, 5) is 0. The Balaban J connectivity index is 3.80. The smallest absolute Gasteiger partial charge is 0.322 e. The fourth-order valence-corrected chi connectivity index (χ4v) is 2.76. The molecule has 0 fully saturated rings. The van der Waals surface area contributed by atoms with E-state index in [4.69, 9.17) is 14.6 Å². The molecule has 2 atom stereocenters. The average molecular weight is 206 g/mol. The van der Waals surface area contributed by atoms with E-state index in [1.165, 1.54) is 0 Å². The van der Waals surface area contributed by atoms with E-state index in [9.17, 15) is 0 Å². The summed E-state index contributed by atoms with van der Waals surface area (Å²) in [6.07, 6.45) is 1.09.